The maximum atomic E-state index is 9.15. The Bertz CT molecular complexity index is 193. The van der Waals surface area contributed by atoms with Gasteiger partial charge in [0.15, 0.2) is 9.76 Å². The molecular weight excluding hydrogens is 216 g/mol. The Hall–Kier alpha value is 0.137. The van der Waals surface area contributed by atoms with Crippen LogP contribution in [0.15, 0.2) is 0 Å². The molecule has 0 aromatic rings. The van der Waals surface area contributed by atoms with Crippen LogP contribution in [0.1, 0.15) is 46.5 Å². The minimum absolute atomic E-state index is 0.264. The molecule has 1 rings (SSSR count). The molecule has 1 saturated carbocycles. The Labute approximate surface area is 103 Å². The minimum Gasteiger partial charge on any atom is -0.421 e. The molecule has 0 aromatic heterocycles. The summed E-state index contributed by atoms with van der Waals surface area (Å²) in [6.07, 6.45) is 5.28. The highest BCUT2D eigenvalue weighted by molar-refractivity contribution is 6.24. The molecule has 0 radical (unpaired) electrons. The van der Waals surface area contributed by atoms with Crippen molar-refractivity contribution < 1.29 is 9.53 Å². The summed E-state index contributed by atoms with van der Waals surface area (Å²) in [4.78, 5) is 0. The van der Waals surface area contributed by atoms with Gasteiger partial charge in [-0.05, 0) is 42.9 Å². The third kappa shape index (κ3) is 3.86. The highest BCUT2D eigenvalue weighted by atomic mass is 28.2. The number of rotatable bonds is 4. The first-order valence-corrected chi connectivity index (χ1v) is 8.70. The SMILES string of the molecule is C[SiH2]OC([C@H]1CC[C@H](CO)CC1)C(C)(C)C. The Morgan fingerprint density at radius 1 is 1.25 bits per heavy atom. The Morgan fingerprint density at radius 2 is 1.81 bits per heavy atom. The number of hydrogen-bond donors (Lipinski definition) is 1. The number of aliphatic hydroxyl groups is 1. The summed E-state index contributed by atoms with van der Waals surface area (Å²) in [5.74, 6) is 1.27. The van der Waals surface area contributed by atoms with Gasteiger partial charge in [-0.1, -0.05) is 27.3 Å². The smallest absolute Gasteiger partial charge is 0.158 e. The van der Waals surface area contributed by atoms with Crippen molar-refractivity contribution in [3.63, 3.8) is 0 Å². The molecule has 2 nitrogen and oxygen atoms in total. The van der Waals surface area contributed by atoms with E-state index in [9.17, 15) is 0 Å². The number of aliphatic hydroxyl groups excluding tert-OH is 1. The van der Waals surface area contributed by atoms with Gasteiger partial charge in [0.2, 0.25) is 0 Å². The van der Waals surface area contributed by atoms with Crippen LogP contribution in [0.5, 0.6) is 0 Å². The standard InChI is InChI=1S/C13H28O2Si/c1-13(2,3)12(15-16-4)11-7-5-10(9-14)6-8-11/h10-12,14H,5-9,16H2,1-4H3/t10-,11-,12?. The summed E-state index contributed by atoms with van der Waals surface area (Å²) in [7, 11) is -0.326. The zero-order chi connectivity index (χ0) is 12.2. The van der Waals surface area contributed by atoms with E-state index >= 15 is 0 Å². The molecule has 1 atom stereocenters. The largest absolute Gasteiger partial charge is 0.421 e. The van der Waals surface area contributed by atoms with Crippen molar-refractivity contribution in [3.05, 3.63) is 0 Å². The van der Waals surface area contributed by atoms with E-state index in [1.54, 1.807) is 0 Å². The van der Waals surface area contributed by atoms with E-state index in [0.29, 0.717) is 18.6 Å². The normalized spacial score (nSPS) is 29.8. The summed E-state index contributed by atoms with van der Waals surface area (Å²) in [5, 5.41) is 9.15. The van der Waals surface area contributed by atoms with Gasteiger partial charge in [0.1, 0.15) is 0 Å². The minimum atomic E-state index is -0.326. The van der Waals surface area contributed by atoms with Crippen LogP contribution >= 0.6 is 0 Å². The van der Waals surface area contributed by atoms with Gasteiger partial charge >= 0.3 is 0 Å². The van der Waals surface area contributed by atoms with E-state index in [4.69, 9.17) is 9.53 Å². The molecule has 1 unspecified atom stereocenters. The molecule has 16 heavy (non-hydrogen) atoms. The molecule has 1 aliphatic carbocycles. The van der Waals surface area contributed by atoms with Crippen molar-refractivity contribution in [1.29, 1.82) is 0 Å². The van der Waals surface area contributed by atoms with E-state index in [1.807, 2.05) is 0 Å². The average Bonchev–Trinajstić information content (AvgIpc) is 2.25. The lowest BCUT2D eigenvalue weighted by molar-refractivity contribution is 0.0106. The van der Waals surface area contributed by atoms with Gasteiger partial charge in [0.05, 0.1) is 6.10 Å². The fourth-order valence-corrected chi connectivity index (χ4v) is 4.08. The molecule has 3 heteroatoms. The molecule has 0 saturated heterocycles. The van der Waals surface area contributed by atoms with E-state index in [1.165, 1.54) is 25.7 Å². The molecule has 1 fully saturated rings. The topological polar surface area (TPSA) is 29.5 Å². The first-order chi connectivity index (χ1) is 7.49. The lowest BCUT2D eigenvalue weighted by Gasteiger charge is -2.40. The van der Waals surface area contributed by atoms with Crippen LogP contribution in [0.25, 0.3) is 0 Å². The van der Waals surface area contributed by atoms with E-state index in [2.05, 4.69) is 27.3 Å². The van der Waals surface area contributed by atoms with Gasteiger partial charge in [-0.2, -0.15) is 0 Å². The molecule has 0 bridgehead atoms. The van der Waals surface area contributed by atoms with Crippen LogP contribution in [0.2, 0.25) is 6.55 Å². The molecule has 1 N–H and O–H groups in total. The second-order valence-electron chi connectivity index (χ2n) is 6.21. The van der Waals surface area contributed by atoms with E-state index in [0.717, 1.165) is 5.92 Å². The molecule has 96 valence electrons. The second-order valence-corrected chi connectivity index (χ2v) is 7.12. The molecule has 0 aromatic carbocycles. The van der Waals surface area contributed by atoms with Crippen LogP contribution < -0.4 is 0 Å². The van der Waals surface area contributed by atoms with Crippen LogP contribution in [0.4, 0.5) is 0 Å². The average molecular weight is 244 g/mol. The summed E-state index contributed by atoms with van der Waals surface area (Å²) in [5.41, 5.74) is 0.264. The molecule has 0 spiro atoms. The van der Waals surface area contributed by atoms with Crippen LogP contribution in [0.3, 0.4) is 0 Å². The Balaban J connectivity index is 2.53. The maximum Gasteiger partial charge on any atom is 0.158 e. The Kier molecular flexibility index (Phi) is 5.48. The first-order valence-electron chi connectivity index (χ1n) is 6.71. The molecular formula is C13H28O2Si. The summed E-state index contributed by atoms with van der Waals surface area (Å²) < 4.78 is 6.09. The summed E-state index contributed by atoms with van der Waals surface area (Å²) >= 11 is 0. The third-order valence-electron chi connectivity index (χ3n) is 3.78. The number of hydrogen-bond acceptors (Lipinski definition) is 2. The van der Waals surface area contributed by atoms with Gasteiger partial charge in [-0.3, -0.25) is 0 Å². The summed E-state index contributed by atoms with van der Waals surface area (Å²) in [6.45, 7) is 9.47. The van der Waals surface area contributed by atoms with Crippen molar-refractivity contribution in [2.75, 3.05) is 6.61 Å². The van der Waals surface area contributed by atoms with Gasteiger partial charge in [0, 0.05) is 6.61 Å². The highest BCUT2D eigenvalue weighted by Gasteiger charge is 2.34. The van der Waals surface area contributed by atoms with Gasteiger partial charge in [-0.25, -0.2) is 0 Å². The molecule has 0 amide bonds. The van der Waals surface area contributed by atoms with Crippen molar-refractivity contribution >= 4 is 9.76 Å². The molecule has 0 heterocycles. The van der Waals surface area contributed by atoms with E-state index < -0.39 is 0 Å². The summed E-state index contributed by atoms with van der Waals surface area (Å²) in [6, 6.07) is 0. The third-order valence-corrected chi connectivity index (χ3v) is 4.47. The highest BCUT2D eigenvalue weighted by Crippen LogP contribution is 2.38. The zero-order valence-corrected chi connectivity index (χ0v) is 12.7. The molecule has 0 aliphatic heterocycles. The van der Waals surface area contributed by atoms with Crippen LogP contribution in [0, 0.1) is 17.3 Å². The fourth-order valence-electron chi connectivity index (χ4n) is 2.95. The lowest BCUT2D eigenvalue weighted by atomic mass is 9.72. The zero-order valence-electron chi connectivity index (χ0n) is 11.3. The molecule has 1 aliphatic rings. The van der Waals surface area contributed by atoms with E-state index in [-0.39, 0.29) is 15.2 Å². The van der Waals surface area contributed by atoms with Gasteiger partial charge in [-0.15, -0.1) is 0 Å². The van der Waals surface area contributed by atoms with Crippen LogP contribution in [-0.2, 0) is 4.43 Å². The predicted octanol–water partition coefficient (Wildman–Crippen LogP) is 2.35. The van der Waals surface area contributed by atoms with Crippen molar-refractivity contribution in [1.82, 2.24) is 0 Å². The predicted molar refractivity (Wildman–Crippen MR) is 71.3 cm³/mol. The Morgan fingerprint density at radius 3 is 2.19 bits per heavy atom. The quantitative estimate of drug-likeness (QED) is 0.769. The van der Waals surface area contributed by atoms with Crippen molar-refractivity contribution in [2.45, 2.75) is 59.1 Å². The first kappa shape index (κ1) is 14.2. The second kappa shape index (κ2) is 6.17. The van der Waals surface area contributed by atoms with Gasteiger partial charge in [0.25, 0.3) is 0 Å². The van der Waals surface area contributed by atoms with Crippen molar-refractivity contribution in [2.24, 2.45) is 17.3 Å². The van der Waals surface area contributed by atoms with Crippen LogP contribution in [-0.4, -0.2) is 27.6 Å². The maximum absolute atomic E-state index is 9.15. The monoisotopic (exact) mass is 244 g/mol. The van der Waals surface area contributed by atoms with Crippen molar-refractivity contribution in [3.8, 4) is 0 Å². The fraction of sp³-hybridized carbons (Fsp3) is 1.00. The lowest BCUT2D eigenvalue weighted by Crippen LogP contribution is -2.39. The van der Waals surface area contributed by atoms with Gasteiger partial charge < -0.3 is 9.53 Å².